The second-order valence-electron chi connectivity index (χ2n) is 5.25. The average molecular weight is 338 g/mol. The van der Waals surface area contributed by atoms with Crippen LogP contribution in [0.2, 0.25) is 10.0 Å². The highest BCUT2D eigenvalue weighted by atomic mass is 35.5. The van der Waals surface area contributed by atoms with Crippen LogP contribution < -0.4 is 10.2 Å². The molecular weight excluding hydrogens is 321 g/mol. The van der Waals surface area contributed by atoms with Crippen molar-refractivity contribution in [2.75, 3.05) is 29.9 Å². The maximum atomic E-state index is 6.17. The molecule has 0 spiro atoms. The number of nitrogens with zero attached hydrogens (tertiary/aromatic N) is 4. The van der Waals surface area contributed by atoms with Crippen LogP contribution in [0.25, 0.3) is 0 Å². The van der Waals surface area contributed by atoms with E-state index in [1.807, 2.05) is 12.1 Å². The fourth-order valence-corrected chi connectivity index (χ4v) is 2.98. The van der Waals surface area contributed by atoms with Gasteiger partial charge in [-0.25, -0.2) is 0 Å². The number of benzene rings is 1. The van der Waals surface area contributed by atoms with Gasteiger partial charge >= 0.3 is 0 Å². The second-order valence-corrected chi connectivity index (χ2v) is 6.09. The summed E-state index contributed by atoms with van der Waals surface area (Å²) >= 11 is 12.1. The first-order valence-electron chi connectivity index (χ1n) is 7.35. The number of halogens is 2. The van der Waals surface area contributed by atoms with Crippen LogP contribution in [0.4, 0.5) is 11.8 Å². The third-order valence-electron chi connectivity index (χ3n) is 3.65. The Hall–Kier alpha value is -1.59. The molecule has 0 aliphatic carbocycles. The van der Waals surface area contributed by atoms with E-state index in [1.54, 1.807) is 12.3 Å². The van der Waals surface area contributed by atoms with Crippen LogP contribution in [0.1, 0.15) is 18.4 Å². The third-order valence-corrected chi connectivity index (χ3v) is 4.24. The van der Waals surface area contributed by atoms with Crippen LogP contribution in [0.15, 0.2) is 24.4 Å². The molecule has 1 aliphatic heterocycles. The van der Waals surface area contributed by atoms with Gasteiger partial charge in [-0.3, -0.25) is 0 Å². The molecule has 3 rings (SSSR count). The monoisotopic (exact) mass is 337 g/mol. The standard InChI is InChI=1S/C15H17Cl2N5/c16-12-4-3-11(13(17)9-12)5-6-18-14-10-19-21-15(20-14)22-7-1-2-8-22/h3-4,9-10H,1-2,5-8H2,(H,18,20,21). The van der Waals surface area contributed by atoms with E-state index >= 15 is 0 Å². The smallest absolute Gasteiger partial charge is 0.247 e. The van der Waals surface area contributed by atoms with Crippen LogP contribution in [0.5, 0.6) is 0 Å². The van der Waals surface area contributed by atoms with Gasteiger partial charge in [-0.05, 0) is 37.0 Å². The van der Waals surface area contributed by atoms with Gasteiger partial charge in [0.15, 0.2) is 5.82 Å². The molecule has 0 saturated carbocycles. The molecule has 0 atom stereocenters. The second kappa shape index (κ2) is 7.11. The topological polar surface area (TPSA) is 53.9 Å². The molecule has 116 valence electrons. The van der Waals surface area contributed by atoms with Crippen molar-refractivity contribution in [1.82, 2.24) is 15.2 Å². The minimum Gasteiger partial charge on any atom is -0.368 e. The zero-order chi connectivity index (χ0) is 15.4. The molecule has 22 heavy (non-hydrogen) atoms. The molecular formula is C15H17Cl2N5. The van der Waals surface area contributed by atoms with E-state index in [4.69, 9.17) is 23.2 Å². The zero-order valence-corrected chi connectivity index (χ0v) is 13.6. The molecule has 5 nitrogen and oxygen atoms in total. The van der Waals surface area contributed by atoms with Gasteiger partial charge in [-0.2, -0.15) is 10.1 Å². The number of hydrogen-bond donors (Lipinski definition) is 1. The Kier molecular flexibility index (Phi) is 4.95. The normalized spacial score (nSPS) is 14.4. The first kappa shape index (κ1) is 15.3. The highest BCUT2D eigenvalue weighted by Crippen LogP contribution is 2.21. The summed E-state index contributed by atoms with van der Waals surface area (Å²) in [5.41, 5.74) is 1.06. The molecule has 1 aliphatic rings. The van der Waals surface area contributed by atoms with Gasteiger partial charge in [-0.1, -0.05) is 29.3 Å². The van der Waals surface area contributed by atoms with Gasteiger partial charge in [0.25, 0.3) is 0 Å². The van der Waals surface area contributed by atoms with Gasteiger partial charge in [0.1, 0.15) is 0 Å². The highest BCUT2D eigenvalue weighted by Gasteiger charge is 2.15. The molecule has 1 aromatic heterocycles. The number of aromatic nitrogens is 3. The fraction of sp³-hybridized carbons (Fsp3) is 0.400. The van der Waals surface area contributed by atoms with Crippen LogP contribution >= 0.6 is 23.2 Å². The van der Waals surface area contributed by atoms with Crippen LogP contribution in [0.3, 0.4) is 0 Å². The zero-order valence-electron chi connectivity index (χ0n) is 12.1. The van der Waals surface area contributed by atoms with E-state index in [1.165, 1.54) is 12.8 Å². The lowest BCUT2D eigenvalue weighted by Crippen LogP contribution is -2.21. The molecule has 0 amide bonds. The number of nitrogens with one attached hydrogen (secondary N) is 1. The largest absolute Gasteiger partial charge is 0.368 e. The van der Waals surface area contributed by atoms with Gasteiger partial charge < -0.3 is 10.2 Å². The third kappa shape index (κ3) is 3.78. The molecule has 1 aromatic carbocycles. The molecule has 0 radical (unpaired) electrons. The van der Waals surface area contributed by atoms with Crippen molar-refractivity contribution < 1.29 is 0 Å². The summed E-state index contributed by atoms with van der Waals surface area (Å²) in [6, 6.07) is 5.55. The number of rotatable bonds is 5. The van der Waals surface area contributed by atoms with Crippen LogP contribution in [-0.4, -0.2) is 34.8 Å². The summed E-state index contributed by atoms with van der Waals surface area (Å²) in [7, 11) is 0. The summed E-state index contributed by atoms with van der Waals surface area (Å²) in [5.74, 6) is 1.44. The first-order valence-corrected chi connectivity index (χ1v) is 8.10. The Bertz CT molecular complexity index is 644. The molecule has 1 saturated heterocycles. The predicted molar refractivity (Wildman–Crippen MR) is 89.9 cm³/mol. The molecule has 2 aromatic rings. The average Bonchev–Trinajstić information content (AvgIpc) is 3.04. The molecule has 0 bridgehead atoms. The van der Waals surface area contributed by atoms with E-state index in [9.17, 15) is 0 Å². The summed E-state index contributed by atoms with van der Waals surface area (Å²) in [5, 5.41) is 12.7. The summed E-state index contributed by atoms with van der Waals surface area (Å²) in [4.78, 5) is 6.67. The fourth-order valence-electron chi connectivity index (χ4n) is 2.48. The van der Waals surface area contributed by atoms with E-state index in [0.29, 0.717) is 16.0 Å². The summed E-state index contributed by atoms with van der Waals surface area (Å²) in [6.45, 7) is 2.73. The van der Waals surface area contributed by atoms with Gasteiger partial charge in [0, 0.05) is 29.7 Å². The van der Waals surface area contributed by atoms with Crippen molar-refractivity contribution >= 4 is 35.0 Å². The van der Waals surface area contributed by atoms with Crippen molar-refractivity contribution in [3.8, 4) is 0 Å². The van der Waals surface area contributed by atoms with Crippen molar-refractivity contribution in [1.29, 1.82) is 0 Å². The van der Waals surface area contributed by atoms with E-state index in [0.717, 1.165) is 37.4 Å². The van der Waals surface area contributed by atoms with Gasteiger partial charge in [0.05, 0.1) is 6.20 Å². The van der Waals surface area contributed by atoms with E-state index in [2.05, 4.69) is 25.4 Å². The minimum absolute atomic E-state index is 0.650. The Morgan fingerprint density at radius 3 is 2.77 bits per heavy atom. The minimum atomic E-state index is 0.650. The first-order chi connectivity index (χ1) is 10.7. The number of anilines is 2. The summed E-state index contributed by atoms with van der Waals surface area (Å²) in [6.07, 6.45) is 4.81. The Labute approximate surface area is 139 Å². The van der Waals surface area contributed by atoms with Crippen molar-refractivity contribution in [3.05, 3.63) is 40.0 Å². The maximum Gasteiger partial charge on any atom is 0.247 e. The van der Waals surface area contributed by atoms with Gasteiger partial charge in [0.2, 0.25) is 5.95 Å². The number of hydrogen-bond acceptors (Lipinski definition) is 5. The Balaban J connectivity index is 1.58. The molecule has 1 N–H and O–H groups in total. The van der Waals surface area contributed by atoms with Crippen molar-refractivity contribution in [2.45, 2.75) is 19.3 Å². The molecule has 2 heterocycles. The highest BCUT2D eigenvalue weighted by molar-refractivity contribution is 6.35. The van der Waals surface area contributed by atoms with Crippen LogP contribution in [-0.2, 0) is 6.42 Å². The predicted octanol–water partition coefficient (Wildman–Crippen LogP) is 3.43. The van der Waals surface area contributed by atoms with E-state index in [-0.39, 0.29) is 0 Å². The van der Waals surface area contributed by atoms with Crippen molar-refractivity contribution in [3.63, 3.8) is 0 Å². The lowest BCUT2D eigenvalue weighted by Gasteiger charge is -2.15. The Morgan fingerprint density at radius 1 is 1.18 bits per heavy atom. The van der Waals surface area contributed by atoms with Crippen LogP contribution in [0, 0.1) is 0 Å². The van der Waals surface area contributed by atoms with E-state index < -0.39 is 0 Å². The SMILES string of the molecule is Clc1ccc(CCNc2cnnc(N3CCCC3)n2)c(Cl)c1. The molecule has 1 fully saturated rings. The summed E-state index contributed by atoms with van der Waals surface area (Å²) < 4.78 is 0. The van der Waals surface area contributed by atoms with Gasteiger partial charge in [-0.15, -0.1) is 5.10 Å². The molecule has 0 unspecified atom stereocenters. The lowest BCUT2D eigenvalue weighted by molar-refractivity contribution is 0.847. The molecule has 7 heteroatoms. The van der Waals surface area contributed by atoms with Crippen molar-refractivity contribution in [2.24, 2.45) is 0 Å². The maximum absolute atomic E-state index is 6.17. The quantitative estimate of drug-likeness (QED) is 0.905. The lowest BCUT2D eigenvalue weighted by atomic mass is 10.1. The Morgan fingerprint density at radius 2 is 2.00 bits per heavy atom.